The lowest BCUT2D eigenvalue weighted by Gasteiger charge is -2.35. The third-order valence-electron chi connectivity index (χ3n) is 4.47. The SMILES string of the molecule is Cc1nc(N2CCN(S(=O)(=O)C3CC3)CC2)c(C#N)c(C)c1Cl. The molecule has 1 saturated heterocycles. The first-order chi connectivity index (χ1) is 10.9. The molecule has 3 rings (SSSR count). The predicted octanol–water partition coefficient (Wildman–Crippen LogP) is 1.84. The monoisotopic (exact) mass is 354 g/mol. The fraction of sp³-hybridized carbons (Fsp3) is 0.600. The van der Waals surface area contributed by atoms with Gasteiger partial charge in [-0.1, -0.05) is 11.6 Å². The van der Waals surface area contributed by atoms with Crippen molar-refractivity contribution in [2.45, 2.75) is 31.9 Å². The number of nitriles is 1. The highest BCUT2D eigenvalue weighted by atomic mass is 35.5. The zero-order chi connectivity index (χ0) is 16.8. The van der Waals surface area contributed by atoms with Crippen LogP contribution < -0.4 is 4.90 Å². The molecule has 1 aromatic heterocycles. The topological polar surface area (TPSA) is 77.3 Å². The van der Waals surface area contributed by atoms with Crippen molar-refractivity contribution >= 4 is 27.4 Å². The van der Waals surface area contributed by atoms with Gasteiger partial charge in [0.1, 0.15) is 11.9 Å². The first kappa shape index (κ1) is 16.5. The van der Waals surface area contributed by atoms with Crippen LogP contribution in [0.25, 0.3) is 0 Å². The van der Waals surface area contributed by atoms with Crippen LogP contribution in [0.1, 0.15) is 29.7 Å². The molecule has 2 fully saturated rings. The number of piperazine rings is 1. The van der Waals surface area contributed by atoms with Gasteiger partial charge in [-0.2, -0.15) is 9.57 Å². The summed E-state index contributed by atoms with van der Waals surface area (Å²) in [5.74, 6) is 0.607. The Hall–Kier alpha value is -1.36. The van der Waals surface area contributed by atoms with Gasteiger partial charge in [0.2, 0.25) is 10.0 Å². The van der Waals surface area contributed by atoms with E-state index < -0.39 is 10.0 Å². The Morgan fingerprint density at radius 3 is 2.35 bits per heavy atom. The Kier molecular flexibility index (Phi) is 4.25. The van der Waals surface area contributed by atoms with Crippen molar-refractivity contribution in [1.29, 1.82) is 5.26 Å². The second-order valence-corrected chi connectivity index (χ2v) is 8.67. The summed E-state index contributed by atoms with van der Waals surface area (Å²) in [5, 5.41) is 9.76. The number of aryl methyl sites for hydroxylation is 1. The van der Waals surface area contributed by atoms with Crippen LogP contribution in [-0.4, -0.2) is 49.1 Å². The predicted molar refractivity (Wildman–Crippen MR) is 89.2 cm³/mol. The number of halogens is 1. The van der Waals surface area contributed by atoms with Gasteiger partial charge < -0.3 is 4.90 Å². The highest BCUT2D eigenvalue weighted by molar-refractivity contribution is 7.90. The van der Waals surface area contributed by atoms with Crippen LogP contribution >= 0.6 is 11.6 Å². The molecule has 1 aliphatic heterocycles. The minimum atomic E-state index is -3.13. The van der Waals surface area contributed by atoms with Crippen LogP contribution in [0, 0.1) is 25.2 Å². The zero-order valence-corrected chi connectivity index (χ0v) is 14.8. The number of sulfonamides is 1. The van der Waals surface area contributed by atoms with Crippen molar-refractivity contribution in [1.82, 2.24) is 9.29 Å². The molecule has 1 aromatic rings. The van der Waals surface area contributed by atoms with Gasteiger partial charge in [-0.15, -0.1) is 0 Å². The summed E-state index contributed by atoms with van der Waals surface area (Å²) in [6.45, 7) is 5.57. The Morgan fingerprint density at radius 2 is 1.83 bits per heavy atom. The van der Waals surface area contributed by atoms with Gasteiger partial charge >= 0.3 is 0 Å². The molecular weight excluding hydrogens is 336 g/mol. The van der Waals surface area contributed by atoms with Gasteiger partial charge in [0.15, 0.2) is 0 Å². The molecule has 0 radical (unpaired) electrons. The summed E-state index contributed by atoms with van der Waals surface area (Å²) in [6, 6.07) is 2.18. The molecule has 124 valence electrons. The maximum absolute atomic E-state index is 12.3. The Morgan fingerprint density at radius 1 is 1.22 bits per heavy atom. The van der Waals surface area contributed by atoms with Crippen molar-refractivity contribution in [2.75, 3.05) is 31.1 Å². The molecule has 6 nitrogen and oxygen atoms in total. The van der Waals surface area contributed by atoms with Crippen LogP contribution in [0.3, 0.4) is 0 Å². The molecule has 0 N–H and O–H groups in total. The summed E-state index contributed by atoms with van der Waals surface area (Å²) in [4.78, 5) is 6.45. The lowest BCUT2D eigenvalue weighted by atomic mass is 10.1. The van der Waals surface area contributed by atoms with E-state index in [0.717, 1.165) is 18.4 Å². The molecule has 0 atom stereocenters. The summed E-state index contributed by atoms with van der Waals surface area (Å²) in [5.41, 5.74) is 1.88. The third kappa shape index (κ3) is 2.91. The van der Waals surface area contributed by atoms with E-state index in [0.29, 0.717) is 48.3 Å². The molecule has 23 heavy (non-hydrogen) atoms. The summed E-state index contributed by atoms with van der Waals surface area (Å²) in [6.07, 6.45) is 1.55. The van der Waals surface area contributed by atoms with Gasteiger partial charge in [0.25, 0.3) is 0 Å². The maximum Gasteiger partial charge on any atom is 0.217 e. The Bertz CT molecular complexity index is 776. The van der Waals surface area contributed by atoms with E-state index in [1.54, 1.807) is 4.31 Å². The molecule has 1 aliphatic carbocycles. The van der Waals surface area contributed by atoms with E-state index in [1.807, 2.05) is 18.7 Å². The van der Waals surface area contributed by atoms with E-state index in [2.05, 4.69) is 11.1 Å². The lowest BCUT2D eigenvalue weighted by Crippen LogP contribution is -2.50. The van der Waals surface area contributed by atoms with E-state index in [9.17, 15) is 13.7 Å². The zero-order valence-electron chi connectivity index (χ0n) is 13.2. The number of rotatable bonds is 3. The summed E-state index contributed by atoms with van der Waals surface area (Å²) < 4.78 is 26.2. The molecule has 1 saturated carbocycles. The van der Waals surface area contributed by atoms with Crippen molar-refractivity contribution in [3.63, 3.8) is 0 Å². The smallest absolute Gasteiger partial charge is 0.217 e. The molecule has 0 spiro atoms. The van der Waals surface area contributed by atoms with Crippen molar-refractivity contribution < 1.29 is 8.42 Å². The van der Waals surface area contributed by atoms with Gasteiger partial charge in [-0.3, -0.25) is 0 Å². The number of hydrogen-bond acceptors (Lipinski definition) is 5. The largest absolute Gasteiger partial charge is 0.353 e. The van der Waals surface area contributed by atoms with Crippen molar-refractivity contribution in [3.05, 3.63) is 21.8 Å². The van der Waals surface area contributed by atoms with Crippen LogP contribution in [0.2, 0.25) is 5.02 Å². The van der Waals surface area contributed by atoms with E-state index in [4.69, 9.17) is 11.6 Å². The average Bonchev–Trinajstić information content (AvgIpc) is 3.38. The molecular formula is C15H19ClN4O2S. The first-order valence-corrected chi connectivity index (χ1v) is 9.55. The average molecular weight is 355 g/mol. The second kappa shape index (κ2) is 5.93. The quantitative estimate of drug-likeness (QED) is 0.827. The van der Waals surface area contributed by atoms with Crippen LogP contribution in [0.4, 0.5) is 5.82 Å². The number of pyridine rings is 1. The number of hydrogen-bond donors (Lipinski definition) is 0. The van der Waals surface area contributed by atoms with E-state index in [1.165, 1.54) is 0 Å². The van der Waals surface area contributed by atoms with Crippen molar-refractivity contribution in [3.8, 4) is 6.07 Å². The highest BCUT2D eigenvalue weighted by Gasteiger charge is 2.41. The summed E-state index contributed by atoms with van der Waals surface area (Å²) in [7, 11) is -3.13. The summed E-state index contributed by atoms with van der Waals surface area (Å²) >= 11 is 6.18. The van der Waals surface area contributed by atoms with Crippen LogP contribution in [0.15, 0.2) is 0 Å². The van der Waals surface area contributed by atoms with Gasteiger partial charge in [0, 0.05) is 26.2 Å². The molecule has 0 aromatic carbocycles. The van der Waals surface area contributed by atoms with Gasteiger partial charge in [-0.25, -0.2) is 13.4 Å². The second-order valence-electron chi connectivity index (χ2n) is 6.08. The van der Waals surface area contributed by atoms with Gasteiger partial charge in [0.05, 0.1) is 21.5 Å². The van der Waals surface area contributed by atoms with Crippen LogP contribution in [0.5, 0.6) is 0 Å². The molecule has 0 unspecified atom stereocenters. The lowest BCUT2D eigenvalue weighted by molar-refractivity contribution is 0.383. The normalized spacial score (nSPS) is 19.7. The minimum absolute atomic E-state index is 0.179. The Balaban J connectivity index is 1.82. The number of anilines is 1. The third-order valence-corrected chi connectivity index (χ3v) is 7.43. The first-order valence-electron chi connectivity index (χ1n) is 7.67. The standard InChI is InChI=1S/C15H19ClN4O2S/c1-10-13(9-17)15(18-11(2)14(10)16)19-5-7-20(8-6-19)23(21,22)12-3-4-12/h12H,3-8H2,1-2H3. The molecule has 2 aliphatic rings. The molecule has 8 heteroatoms. The fourth-order valence-corrected chi connectivity index (χ4v) is 4.87. The molecule has 0 bridgehead atoms. The number of nitrogens with zero attached hydrogens (tertiary/aromatic N) is 4. The van der Waals surface area contributed by atoms with Crippen molar-refractivity contribution in [2.24, 2.45) is 0 Å². The highest BCUT2D eigenvalue weighted by Crippen LogP contribution is 2.33. The Labute approximate surface area is 141 Å². The molecule has 0 amide bonds. The van der Waals surface area contributed by atoms with Crippen LogP contribution in [-0.2, 0) is 10.0 Å². The van der Waals surface area contributed by atoms with Gasteiger partial charge in [-0.05, 0) is 32.3 Å². The molecule has 2 heterocycles. The fourth-order valence-electron chi connectivity index (χ4n) is 2.91. The minimum Gasteiger partial charge on any atom is -0.353 e. The van der Waals surface area contributed by atoms with E-state index >= 15 is 0 Å². The van der Waals surface area contributed by atoms with E-state index in [-0.39, 0.29) is 5.25 Å². The maximum atomic E-state index is 12.3. The number of aromatic nitrogens is 1.